The third kappa shape index (κ3) is 1.90. The van der Waals surface area contributed by atoms with E-state index in [9.17, 15) is 5.11 Å². The van der Waals surface area contributed by atoms with Crippen LogP contribution in [-0.4, -0.2) is 11.1 Å². The minimum absolute atomic E-state index is 0.404. The van der Waals surface area contributed by atoms with Crippen LogP contribution in [0.4, 0.5) is 5.69 Å². The Morgan fingerprint density at radius 1 is 1.12 bits per heavy atom. The topological polar surface area (TPSA) is 32.3 Å². The smallest absolute Gasteiger partial charge is 0.118 e. The Hall–Kier alpha value is -1.18. The van der Waals surface area contributed by atoms with Gasteiger partial charge in [-0.2, -0.15) is 0 Å². The number of aryl methyl sites for hydroxylation is 2. The Labute approximate surface area is 103 Å². The molecule has 0 heterocycles. The summed E-state index contributed by atoms with van der Waals surface area (Å²) in [4.78, 5) is 0. The van der Waals surface area contributed by atoms with E-state index in [4.69, 9.17) is 0 Å². The van der Waals surface area contributed by atoms with Gasteiger partial charge in [0, 0.05) is 11.7 Å². The van der Waals surface area contributed by atoms with E-state index in [1.54, 1.807) is 0 Å². The number of benzene rings is 1. The normalized spacial score (nSPS) is 30.8. The number of hydrogen-bond acceptors (Lipinski definition) is 2. The number of fused-ring (bicyclic) bond motifs is 2. The van der Waals surface area contributed by atoms with Gasteiger partial charge < -0.3 is 10.4 Å². The highest BCUT2D eigenvalue weighted by Crippen LogP contribution is 2.45. The van der Waals surface area contributed by atoms with E-state index in [2.05, 4.69) is 18.3 Å². The van der Waals surface area contributed by atoms with Crippen LogP contribution in [0.1, 0.15) is 36.8 Å². The lowest BCUT2D eigenvalue weighted by Crippen LogP contribution is -2.26. The van der Waals surface area contributed by atoms with Crippen LogP contribution in [0.2, 0.25) is 0 Å². The van der Waals surface area contributed by atoms with Gasteiger partial charge in [0.2, 0.25) is 0 Å². The van der Waals surface area contributed by atoms with Crippen molar-refractivity contribution in [1.82, 2.24) is 0 Å². The lowest BCUT2D eigenvalue weighted by molar-refractivity contribution is 0.439. The third-order valence-electron chi connectivity index (χ3n) is 4.62. The first-order chi connectivity index (χ1) is 8.13. The second-order valence-corrected chi connectivity index (χ2v) is 5.88. The van der Waals surface area contributed by atoms with Gasteiger partial charge in [0.05, 0.1) is 0 Å². The third-order valence-corrected chi connectivity index (χ3v) is 4.62. The monoisotopic (exact) mass is 231 g/mol. The summed E-state index contributed by atoms with van der Waals surface area (Å²) in [5, 5.41) is 13.4. The van der Waals surface area contributed by atoms with Crippen molar-refractivity contribution in [3.05, 3.63) is 23.3 Å². The average Bonchev–Trinajstić information content (AvgIpc) is 2.87. The second kappa shape index (κ2) is 3.94. The molecule has 1 aromatic rings. The second-order valence-electron chi connectivity index (χ2n) is 5.88. The summed E-state index contributed by atoms with van der Waals surface area (Å²) >= 11 is 0. The van der Waals surface area contributed by atoms with Crippen LogP contribution in [0, 0.1) is 25.7 Å². The Balaban J connectivity index is 1.79. The van der Waals surface area contributed by atoms with E-state index >= 15 is 0 Å². The lowest BCUT2D eigenvalue weighted by Gasteiger charge is -2.25. The zero-order chi connectivity index (χ0) is 12.0. The van der Waals surface area contributed by atoms with Crippen molar-refractivity contribution < 1.29 is 5.11 Å². The van der Waals surface area contributed by atoms with Gasteiger partial charge in [-0.15, -0.1) is 0 Å². The van der Waals surface area contributed by atoms with Crippen molar-refractivity contribution >= 4 is 5.69 Å². The van der Waals surface area contributed by atoms with Gasteiger partial charge in [0.1, 0.15) is 5.75 Å². The van der Waals surface area contributed by atoms with E-state index < -0.39 is 0 Å². The molecule has 2 fully saturated rings. The fourth-order valence-electron chi connectivity index (χ4n) is 3.58. The van der Waals surface area contributed by atoms with E-state index in [-0.39, 0.29) is 0 Å². The Kier molecular flexibility index (Phi) is 2.53. The summed E-state index contributed by atoms with van der Waals surface area (Å²) in [5.41, 5.74) is 3.31. The maximum absolute atomic E-state index is 9.66. The van der Waals surface area contributed by atoms with Crippen molar-refractivity contribution in [1.29, 1.82) is 0 Å². The summed E-state index contributed by atoms with van der Waals surface area (Å²) in [6, 6.07) is 4.61. The first-order valence-electron chi connectivity index (χ1n) is 6.70. The highest BCUT2D eigenvalue weighted by molar-refractivity contribution is 5.57. The first-order valence-corrected chi connectivity index (χ1v) is 6.70. The van der Waals surface area contributed by atoms with Crippen molar-refractivity contribution in [2.45, 2.75) is 45.6 Å². The molecule has 92 valence electrons. The fraction of sp³-hybridized carbons (Fsp3) is 0.600. The zero-order valence-corrected chi connectivity index (χ0v) is 10.7. The summed E-state index contributed by atoms with van der Waals surface area (Å²) in [6.45, 7) is 4.02. The molecule has 2 heteroatoms. The molecule has 2 saturated carbocycles. The van der Waals surface area contributed by atoms with Gasteiger partial charge in [-0.3, -0.25) is 0 Å². The molecule has 0 saturated heterocycles. The molecular formula is C15H21NO. The van der Waals surface area contributed by atoms with Crippen LogP contribution >= 0.6 is 0 Å². The predicted molar refractivity (Wildman–Crippen MR) is 70.4 cm³/mol. The van der Waals surface area contributed by atoms with E-state index in [1.165, 1.54) is 31.4 Å². The molecule has 2 aliphatic carbocycles. The Bertz CT molecular complexity index is 441. The van der Waals surface area contributed by atoms with Crippen LogP contribution in [0.25, 0.3) is 0 Å². The molecule has 0 aliphatic heterocycles. The van der Waals surface area contributed by atoms with Crippen molar-refractivity contribution in [2.75, 3.05) is 5.32 Å². The number of phenolic OH excluding ortho intramolecular Hbond substituents is 1. The summed E-state index contributed by atoms with van der Waals surface area (Å²) < 4.78 is 0. The Morgan fingerprint density at radius 3 is 2.59 bits per heavy atom. The molecule has 0 radical (unpaired) electrons. The van der Waals surface area contributed by atoms with Gasteiger partial charge in [-0.1, -0.05) is 6.42 Å². The minimum Gasteiger partial charge on any atom is -0.508 e. The van der Waals surface area contributed by atoms with Crippen LogP contribution < -0.4 is 5.32 Å². The number of nitrogens with one attached hydrogen (secondary N) is 1. The molecule has 0 spiro atoms. The van der Waals surface area contributed by atoms with Gasteiger partial charge in [0.15, 0.2) is 0 Å². The van der Waals surface area contributed by atoms with Crippen LogP contribution in [0.3, 0.4) is 0 Å². The van der Waals surface area contributed by atoms with Crippen molar-refractivity contribution in [3.63, 3.8) is 0 Å². The lowest BCUT2D eigenvalue weighted by atomic mass is 9.94. The first kappa shape index (κ1) is 10.9. The predicted octanol–water partition coefficient (Wildman–Crippen LogP) is 3.61. The fourth-order valence-corrected chi connectivity index (χ4v) is 3.58. The van der Waals surface area contributed by atoms with Crippen LogP contribution in [0.15, 0.2) is 12.1 Å². The molecule has 2 aliphatic rings. The molecule has 3 atom stereocenters. The molecule has 0 aromatic heterocycles. The molecule has 2 bridgehead atoms. The number of hydrogen-bond donors (Lipinski definition) is 2. The van der Waals surface area contributed by atoms with Gasteiger partial charge >= 0.3 is 0 Å². The Morgan fingerprint density at radius 2 is 1.94 bits per heavy atom. The van der Waals surface area contributed by atoms with E-state index in [0.717, 1.165) is 23.0 Å². The van der Waals surface area contributed by atoms with Crippen LogP contribution in [-0.2, 0) is 0 Å². The minimum atomic E-state index is 0.404. The van der Waals surface area contributed by atoms with Gasteiger partial charge in [-0.05, 0) is 68.2 Å². The molecule has 2 nitrogen and oxygen atoms in total. The molecule has 3 rings (SSSR count). The molecule has 2 N–H and O–H groups in total. The highest BCUT2D eigenvalue weighted by Gasteiger charge is 2.39. The molecule has 17 heavy (non-hydrogen) atoms. The van der Waals surface area contributed by atoms with Gasteiger partial charge in [-0.25, -0.2) is 0 Å². The number of phenols is 1. The molecule has 3 unspecified atom stereocenters. The van der Waals surface area contributed by atoms with E-state index in [1.807, 2.05) is 13.0 Å². The standard InChI is InChI=1S/C15H21NO/c1-9-6-15(17)10(2)5-13(9)16-14-8-11-3-4-12(14)7-11/h5-6,11-12,14,16-17H,3-4,7-8H2,1-2H3. The zero-order valence-electron chi connectivity index (χ0n) is 10.7. The van der Waals surface area contributed by atoms with Gasteiger partial charge in [0.25, 0.3) is 0 Å². The maximum Gasteiger partial charge on any atom is 0.118 e. The van der Waals surface area contributed by atoms with E-state index in [0.29, 0.717) is 11.8 Å². The van der Waals surface area contributed by atoms with Crippen molar-refractivity contribution in [2.24, 2.45) is 11.8 Å². The number of anilines is 1. The highest BCUT2D eigenvalue weighted by atomic mass is 16.3. The number of rotatable bonds is 2. The quantitative estimate of drug-likeness (QED) is 0.762. The molecule has 0 amide bonds. The summed E-state index contributed by atoms with van der Waals surface area (Å²) in [6.07, 6.45) is 5.60. The summed E-state index contributed by atoms with van der Waals surface area (Å²) in [7, 11) is 0. The maximum atomic E-state index is 9.66. The largest absolute Gasteiger partial charge is 0.508 e. The average molecular weight is 231 g/mol. The summed E-state index contributed by atoms with van der Waals surface area (Å²) in [5.74, 6) is 2.26. The van der Waals surface area contributed by atoms with Crippen LogP contribution in [0.5, 0.6) is 5.75 Å². The molecular weight excluding hydrogens is 210 g/mol. The van der Waals surface area contributed by atoms with Crippen molar-refractivity contribution in [3.8, 4) is 5.75 Å². The molecule has 1 aromatic carbocycles. The number of aromatic hydroxyl groups is 1. The SMILES string of the molecule is Cc1cc(NC2CC3CCC2C3)c(C)cc1O.